The Kier molecular flexibility index (Phi) is 13.0. The van der Waals surface area contributed by atoms with E-state index in [1.807, 2.05) is 0 Å². The Balaban J connectivity index is 0.00000578. The number of hydrogen-bond donors (Lipinski definition) is 1. The average Bonchev–Trinajstić information content (AvgIpc) is 2.80. The van der Waals surface area contributed by atoms with Gasteiger partial charge >= 0.3 is 11.9 Å². The van der Waals surface area contributed by atoms with E-state index in [9.17, 15) is 19.7 Å². The number of nitrogens with zero attached hydrogens (tertiary/aromatic N) is 1. The van der Waals surface area contributed by atoms with Gasteiger partial charge in [-0.2, -0.15) is 0 Å². The Morgan fingerprint density at radius 3 is 2.50 bits per heavy atom. The molecule has 1 aromatic carbocycles. The third-order valence-electron chi connectivity index (χ3n) is 5.67. The molecule has 2 rings (SSSR count). The van der Waals surface area contributed by atoms with Crippen LogP contribution in [0.4, 0.5) is 0 Å². The summed E-state index contributed by atoms with van der Waals surface area (Å²) < 4.78 is 15.9. The van der Waals surface area contributed by atoms with Gasteiger partial charge in [-0.25, -0.2) is 4.79 Å². The van der Waals surface area contributed by atoms with E-state index in [1.165, 1.54) is 19.6 Å². The van der Waals surface area contributed by atoms with Gasteiger partial charge in [0.25, 0.3) is 5.09 Å². The summed E-state index contributed by atoms with van der Waals surface area (Å²) in [6.07, 6.45) is 9.14. The standard InChI is InChI=1S/C23H32N2O8.ClH/c1-30-20-15-18(8-10-21(26)31-13-5-6-14-32-25(28)29)7-9-19(20)33-22(27)16-23(17-24)11-3-2-4-12-23;/h7-10,15H,2-6,11-14,16-17,24H2,1H3;1H/b10-8+;. The fourth-order valence-electron chi connectivity index (χ4n) is 3.82. The van der Waals surface area contributed by atoms with E-state index in [0.29, 0.717) is 36.4 Å². The van der Waals surface area contributed by atoms with Crippen LogP contribution in [0.5, 0.6) is 11.5 Å². The SMILES string of the molecule is COc1cc(/C=C/C(=O)OCCCCO[N+](=O)[O-])ccc1OC(=O)CC1(CN)CCCCC1.Cl. The zero-order valence-electron chi connectivity index (χ0n) is 19.4. The first-order chi connectivity index (χ1) is 15.9. The molecule has 0 heterocycles. The van der Waals surface area contributed by atoms with Gasteiger partial charge in [-0.3, -0.25) is 4.79 Å². The molecule has 34 heavy (non-hydrogen) atoms. The van der Waals surface area contributed by atoms with Crippen LogP contribution in [-0.4, -0.2) is 43.9 Å². The third kappa shape index (κ3) is 9.96. The lowest BCUT2D eigenvalue weighted by Gasteiger charge is -2.35. The lowest BCUT2D eigenvalue weighted by Crippen LogP contribution is -2.36. The molecule has 11 heteroatoms. The van der Waals surface area contributed by atoms with E-state index < -0.39 is 11.1 Å². The van der Waals surface area contributed by atoms with Crippen LogP contribution in [-0.2, 0) is 19.2 Å². The first kappa shape index (κ1) is 29.2. The minimum Gasteiger partial charge on any atom is -0.493 e. The summed E-state index contributed by atoms with van der Waals surface area (Å²) in [5.74, 6) is -0.201. The molecule has 0 spiro atoms. The van der Waals surface area contributed by atoms with Crippen molar-refractivity contribution < 1.29 is 33.7 Å². The van der Waals surface area contributed by atoms with Crippen molar-refractivity contribution >= 4 is 30.4 Å². The van der Waals surface area contributed by atoms with Crippen molar-refractivity contribution in [3.63, 3.8) is 0 Å². The highest BCUT2D eigenvalue weighted by molar-refractivity contribution is 5.87. The lowest BCUT2D eigenvalue weighted by atomic mass is 9.72. The first-order valence-electron chi connectivity index (χ1n) is 11.1. The Morgan fingerprint density at radius 2 is 1.85 bits per heavy atom. The second-order valence-electron chi connectivity index (χ2n) is 8.09. The number of nitrogens with two attached hydrogens (primary N) is 1. The van der Waals surface area contributed by atoms with Crippen LogP contribution in [0.2, 0.25) is 0 Å². The van der Waals surface area contributed by atoms with Crippen LogP contribution in [0.1, 0.15) is 56.9 Å². The molecule has 0 atom stereocenters. The van der Waals surface area contributed by atoms with Gasteiger partial charge in [-0.05, 0) is 61.4 Å². The van der Waals surface area contributed by atoms with Crippen molar-refractivity contribution in [2.75, 3.05) is 26.9 Å². The number of rotatable bonds is 13. The molecule has 0 bridgehead atoms. The maximum atomic E-state index is 12.6. The Labute approximate surface area is 205 Å². The smallest absolute Gasteiger partial charge is 0.330 e. The zero-order chi connectivity index (χ0) is 24.1. The van der Waals surface area contributed by atoms with Crippen molar-refractivity contribution in [3.05, 3.63) is 40.0 Å². The molecule has 1 aliphatic rings. The van der Waals surface area contributed by atoms with Crippen LogP contribution < -0.4 is 15.2 Å². The molecule has 1 saturated carbocycles. The minimum absolute atomic E-state index is 0. The monoisotopic (exact) mass is 500 g/mol. The van der Waals surface area contributed by atoms with Gasteiger partial charge in [0.05, 0.1) is 26.7 Å². The number of ether oxygens (including phenoxy) is 3. The van der Waals surface area contributed by atoms with Gasteiger partial charge in [-0.15, -0.1) is 22.5 Å². The van der Waals surface area contributed by atoms with E-state index in [-0.39, 0.29) is 43.4 Å². The minimum atomic E-state index is -0.858. The van der Waals surface area contributed by atoms with Gasteiger partial charge < -0.3 is 24.8 Å². The number of carbonyl (C=O) groups is 2. The quantitative estimate of drug-likeness (QED) is 0.107. The summed E-state index contributed by atoms with van der Waals surface area (Å²) in [7, 11) is 1.47. The Morgan fingerprint density at radius 1 is 1.15 bits per heavy atom. The molecule has 0 amide bonds. The normalized spacial score (nSPS) is 14.6. The maximum Gasteiger partial charge on any atom is 0.330 e. The molecular weight excluding hydrogens is 468 g/mol. The molecule has 2 N–H and O–H groups in total. The number of carbonyl (C=O) groups excluding carboxylic acids is 2. The second-order valence-corrected chi connectivity index (χ2v) is 8.09. The van der Waals surface area contributed by atoms with Crippen molar-refractivity contribution in [2.45, 2.75) is 51.4 Å². The summed E-state index contributed by atoms with van der Waals surface area (Å²) in [5, 5.41) is 9.18. The van der Waals surface area contributed by atoms with E-state index in [2.05, 4.69) is 4.84 Å². The van der Waals surface area contributed by atoms with Crippen molar-refractivity contribution in [3.8, 4) is 11.5 Å². The molecular formula is C23H33ClN2O8. The van der Waals surface area contributed by atoms with Crippen LogP contribution in [0, 0.1) is 15.5 Å². The predicted molar refractivity (Wildman–Crippen MR) is 127 cm³/mol. The summed E-state index contributed by atoms with van der Waals surface area (Å²) in [5.41, 5.74) is 6.44. The summed E-state index contributed by atoms with van der Waals surface area (Å²) >= 11 is 0. The predicted octanol–water partition coefficient (Wildman–Crippen LogP) is 3.87. The molecule has 190 valence electrons. The zero-order valence-corrected chi connectivity index (χ0v) is 20.2. The van der Waals surface area contributed by atoms with E-state index in [1.54, 1.807) is 24.3 Å². The van der Waals surface area contributed by atoms with E-state index in [4.69, 9.17) is 19.9 Å². The first-order valence-corrected chi connectivity index (χ1v) is 11.1. The highest BCUT2D eigenvalue weighted by atomic mass is 35.5. The van der Waals surface area contributed by atoms with Crippen molar-refractivity contribution in [1.29, 1.82) is 0 Å². The van der Waals surface area contributed by atoms with E-state index >= 15 is 0 Å². The molecule has 1 aliphatic carbocycles. The number of unbranched alkanes of at least 4 members (excludes halogenated alkanes) is 1. The molecule has 0 aliphatic heterocycles. The highest BCUT2D eigenvalue weighted by Crippen LogP contribution is 2.39. The van der Waals surface area contributed by atoms with Gasteiger partial charge in [0.1, 0.15) is 0 Å². The molecule has 0 aromatic heterocycles. The topological polar surface area (TPSA) is 140 Å². The number of benzene rings is 1. The van der Waals surface area contributed by atoms with Crippen LogP contribution >= 0.6 is 12.4 Å². The molecule has 0 unspecified atom stereocenters. The molecule has 1 fully saturated rings. The van der Waals surface area contributed by atoms with Crippen molar-refractivity contribution in [2.24, 2.45) is 11.1 Å². The average molecular weight is 501 g/mol. The van der Waals surface area contributed by atoms with Crippen LogP contribution in [0.15, 0.2) is 24.3 Å². The fraction of sp³-hybridized carbons (Fsp3) is 0.565. The number of hydrogen-bond acceptors (Lipinski definition) is 9. The Bertz CT molecular complexity index is 840. The Hall–Kier alpha value is -2.85. The number of esters is 2. The summed E-state index contributed by atoms with van der Waals surface area (Å²) in [6, 6.07) is 4.97. The van der Waals surface area contributed by atoms with Crippen LogP contribution in [0.25, 0.3) is 6.08 Å². The van der Waals surface area contributed by atoms with Gasteiger partial charge in [0.2, 0.25) is 0 Å². The van der Waals surface area contributed by atoms with Gasteiger partial charge in [-0.1, -0.05) is 25.3 Å². The highest BCUT2D eigenvalue weighted by Gasteiger charge is 2.34. The van der Waals surface area contributed by atoms with Crippen LogP contribution in [0.3, 0.4) is 0 Å². The largest absolute Gasteiger partial charge is 0.493 e. The second kappa shape index (κ2) is 15.1. The maximum absolute atomic E-state index is 12.6. The number of methoxy groups -OCH3 is 1. The van der Waals surface area contributed by atoms with Crippen molar-refractivity contribution in [1.82, 2.24) is 0 Å². The molecule has 1 aromatic rings. The molecule has 10 nitrogen and oxygen atoms in total. The molecule has 0 radical (unpaired) electrons. The number of halogens is 1. The lowest BCUT2D eigenvalue weighted by molar-refractivity contribution is -0.757. The molecule has 0 saturated heterocycles. The van der Waals surface area contributed by atoms with Gasteiger partial charge in [0, 0.05) is 6.08 Å². The van der Waals surface area contributed by atoms with Gasteiger partial charge in [0.15, 0.2) is 11.5 Å². The fourth-order valence-corrected chi connectivity index (χ4v) is 3.82. The van der Waals surface area contributed by atoms with E-state index in [0.717, 1.165) is 25.7 Å². The summed E-state index contributed by atoms with van der Waals surface area (Å²) in [4.78, 5) is 38.6. The third-order valence-corrected chi connectivity index (χ3v) is 5.67. The summed E-state index contributed by atoms with van der Waals surface area (Å²) in [6.45, 7) is 0.558.